The Balaban J connectivity index is 2.01. The molecule has 0 aromatic heterocycles. The smallest absolute Gasteiger partial charge is 0.240 e. The van der Waals surface area contributed by atoms with Crippen molar-refractivity contribution >= 4 is 21.6 Å². The maximum Gasteiger partial charge on any atom is 0.240 e. The summed E-state index contributed by atoms with van der Waals surface area (Å²) < 4.78 is 32.6. The average molecular weight is 334 g/mol. The zero-order chi connectivity index (χ0) is 15.5. The van der Waals surface area contributed by atoms with Crippen LogP contribution in [-0.2, 0) is 14.8 Å². The van der Waals surface area contributed by atoms with Gasteiger partial charge in [0, 0.05) is 5.02 Å². The quantitative estimate of drug-likeness (QED) is 0.815. The number of morpholine rings is 1. The van der Waals surface area contributed by atoms with Crippen LogP contribution in [0, 0.1) is 0 Å². The minimum absolute atomic E-state index is 0.177. The van der Waals surface area contributed by atoms with E-state index in [1.165, 1.54) is 17.0 Å². The maximum atomic E-state index is 12.3. The molecule has 5 nitrogen and oxygen atoms in total. The van der Waals surface area contributed by atoms with E-state index in [1.54, 1.807) is 12.1 Å². The highest BCUT2D eigenvalue weighted by Crippen LogP contribution is 2.14. The summed E-state index contributed by atoms with van der Waals surface area (Å²) >= 11 is 5.78. The van der Waals surface area contributed by atoms with Crippen molar-refractivity contribution in [3.05, 3.63) is 29.3 Å². The summed E-state index contributed by atoms with van der Waals surface area (Å²) in [5, 5.41) is 0.520. The summed E-state index contributed by atoms with van der Waals surface area (Å²) in [6.07, 6.45) is 0. The first-order chi connectivity index (χ1) is 9.81. The molecule has 1 aliphatic rings. The van der Waals surface area contributed by atoms with Crippen molar-refractivity contribution in [3.8, 4) is 0 Å². The van der Waals surface area contributed by atoms with E-state index in [-0.39, 0.29) is 10.4 Å². The van der Waals surface area contributed by atoms with Crippen LogP contribution in [0.5, 0.6) is 0 Å². The largest absolute Gasteiger partial charge is 0.370 e. The van der Waals surface area contributed by atoms with Crippen LogP contribution in [0.15, 0.2) is 29.2 Å². The monoisotopic (exact) mass is 333 g/mol. The third kappa shape index (κ3) is 4.40. The van der Waals surface area contributed by atoms with Crippen molar-refractivity contribution in [2.75, 3.05) is 32.8 Å². The number of halogens is 1. The van der Waals surface area contributed by atoms with E-state index in [4.69, 9.17) is 16.3 Å². The standard InChI is InChI=1S/C14H21ClN2O3S/c1-14(2,17-7-9-20-10-8-17)11-16-21(18,19)13-5-3-12(15)4-6-13/h3-6,16H,7-11H2,1-2H3/p+1. The fourth-order valence-electron chi connectivity index (χ4n) is 2.39. The van der Waals surface area contributed by atoms with Crippen LogP contribution in [0.2, 0.25) is 5.02 Å². The number of sulfonamides is 1. The molecule has 21 heavy (non-hydrogen) atoms. The van der Waals surface area contributed by atoms with E-state index in [9.17, 15) is 8.42 Å². The molecule has 1 heterocycles. The Labute approximate surface area is 131 Å². The molecule has 1 fully saturated rings. The van der Waals surface area contributed by atoms with Crippen molar-refractivity contribution in [3.63, 3.8) is 0 Å². The second kappa shape index (κ2) is 6.62. The molecule has 0 amide bonds. The van der Waals surface area contributed by atoms with Gasteiger partial charge in [0.05, 0.1) is 24.7 Å². The predicted molar refractivity (Wildman–Crippen MR) is 82.2 cm³/mol. The van der Waals surface area contributed by atoms with E-state index in [1.807, 2.05) is 0 Å². The van der Waals surface area contributed by atoms with Gasteiger partial charge in [-0.15, -0.1) is 0 Å². The van der Waals surface area contributed by atoms with E-state index < -0.39 is 10.0 Å². The number of hydrogen-bond donors (Lipinski definition) is 2. The molecule has 118 valence electrons. The van der Waals surface area contributed by atoms with Gasteiger partial charge in [0.2, 0.25) is 10.0 Å². The van der Waals surface area contributed by atoms with Crippen LogP contribution in [0.25, 0.3) is 0 Å². The van der Waals surface area contributed by atoms with Crippen LogP contribution in [-0.4, -0.2) is 46.8 Å². The number of ether oxygens (including phenoxy) is 1. The van der Waals surface area contributed by atoms with Crippen LogP contribution in [0.3, 0.4) is 0 Å². The first-order valence-corrected chi connectivity index (χ1v) is 8.85. The highest BCUT2D eigenvalue weighted by Gasteiger charge is 2.33. The topological polar surface area (TPSA) is 59.8 Å². The third-order valence-electron chi connectivity index (χ3n) is 3.88. The van der Waals surface area contributed by atoms with E-state index in [0.29, 0.717) is 11.6 Å². The van der Waals surface area contributed by atoms with Crippen molar-refractivity contribution in [1.29, 1.82) is 0 Å². The van der Waals surface area contributed by atoms with Gasteiger partial charge in [-0.2, -0.15) is 0 Å². The van der Waals surface area contributed by atoms with E-state index >= 15 is 0 Å². The van der Waals surface area contributed by atoms with Gasteiger partial charge >= 0.3 is 0 Å². The molecule has 0 unspecified atom stereocenters. The molecule has 2 rings (SSSR count). The fraction of sp³-hybridized carbons (Fsp3) is 0.571. The maximum absolute atomic E-state index is 12.3. The van der Waals surface area contributed by atoms with Crippen LogP contribution >= 0.6 is 11.6 Å². The van der Waals surface area contributed by atoms with Crippen molar-refractivity contribution in [2.24, 2.45) is 0 Å². The minimum Gasteiger partial charge on any atom is -0.370 e. The minimum atomic E-state index is -3.50. The molecular formula is C14H22ClN2O3S+. The lowest BCUT2D eigenvalue weighted by molar-refractivity contribution is -0.954. The Morgan fingerprint density at radius 1 is 1.24 bits per heavy atom. The molecule has 0 aliphatic carbocycles. The molecule has 0 saturated carbocycles. The van der Waals surface area contributed by atoms with Gasteiger partial charge in [0.1, 0.15) is 18.6 Å². The predicted octanol–water partition coefficient (Wildman–Crippen LogP) is 0.312. The Bertz CT molecular complexity index is 566. The molecule has 1 saturated heterocycles. The summed E-state index contributed by atoms with van der Waals surface area (Å²) in [6, 6.07) is 6.18. The van der Waals surface area contributed by atoms with Gasteiger partial charge in [0.15, 0.2) is 0 Å². The SMILES string of the molecule is CC(C)(CNS(=O)(=O)c1ccc(Cl)cc1)[NH+]1CCOCC1. The number of benzene rings is 1. The number of quaternary nitrogens is 1. The lowest BCUT2D eigenvalue weighted by atomic mass is 10.0. The lowest BCUT2D eigenvalue weighted by Crippen LogP contribution is -3.22. The lowest BCUT2D eigenvalue weighted by Gasteiger charge is -2.37. The van der Waals surface area contributed by atoms with Crippen LogP contribution in [0.4, 0.5) is 0 Å². The Morgan fingerprint density at radius 2 is 1.81 bits per heavy atom. The summed E-state index contributed by atoms with van der Waals surface area (Å²) in [5.41, 5.74) is -0.177. The van der Waals surface area contributed by atoms with Crippen LogP contribution in [0.1, 0.15) is 13.8 Å². The number of rotatable bonds is 5. The first-order valence-electron chi connectivity index (χ1n) is 6.99. The first kappa shape index (κ1) is 16.7. The highest BCUT2D eigenvalue weighted by molar-refractivity contribution is 7.89. The zero-order valence-corrected chi connectivity index (χ0v) is 13.9. The van der Waals surface area contributed by atoms with Crippen molar-refractivity contribution < 1.29 is 18.1 Å². The molecule has 0 atom stereocenters. The Hall–Kier alpha value is -0.660. The molecule has 1 aromatic rings. The molecule has 7 heteroatoms. The van der Waals surface area contributed by atoms with Gasteiger partial charge in [-0.05, 0) is 38.1 Å². The molecule has 0 bridgehead atoms. The summed E-state index contributed by atoms with van der Waals surface area (Å²) in [5.74, 6) is 0. The van der Waals surface area contributed by atoms with E-state index in [0.717, 1.165) is 26.3 Å². The van der Waals surface area contributed by atoms with Gasteiger partial charge in [0.25, 0.3) is 0 Å². The Kier molecular flexibility index (Phi) is 5.27. The van der Waals surface area contributed by atoms with Gasteiger partial charge in [-0.3, -0.25) is 0 Å². The molecule has 0 radical (unpaired) electrons. The van der Waals surface area contributed by atoms with Gasteiger partial charge < -0.3 is 9.64 Å². The number of nitrogens with one attached hydrogen (secondary N) is 2. The average Bonchev–Trinajstić information content (AvgIpc) is 2.47. The summed E-state index contributed by atoms with van der Waals surface area (Å²) in [7, 11) is -3.50. The number of hydrogen-bond acceptors (Lipinski definition) is 3. The van der Waals surface area contributed by atoms with Gasteiger partial charge in [-0.1, -0.05) is 11.6 Å². The summed E-state index contributed by atoms with van der Waals surface area (Å²) in [4.78, 5) is 1.59. The molecule has 0 spiro atoms. The van der Waals surface area contributed by atoms with Crippen molar-refractivity contribution in [1.82, 2.24) is 4.72 Å². The van der Waals surface area contributed by atoms with Crippen LogP contribution < -0.4 is 9.62 Å². The highest BCUT2D eigenvalue weighted by atomic mass is 35.5. The molecular weight excluding hydrogens is 312 g/mol. The van der Waals surface area contributed by atoms with E-state index in [2.05, 4.69) is 18.6 Å². The van der Waals surface area contributed by atoms with Crippen molar-refractivity contribution in [2.45, 2.75) is 24.3 Å². The van der Waals surface area contributed by atoms with Gasteiger partial charge in [-0.25, -0.2) is 13.1 Å². The summed E-state index contributed by atoms with van der Waals surface area (Å²) in [6.45, 7) is 7.76. The normalized spacial score (nSPS) is 17.9. The molecule has 1 aromatic carbocycles. The molecule has 2 N–H and O–H groups in total. The Morgan fingerprint density at radius 3 is 2.38 bits per heavy atom. The zero-order valence-electron chi connectivity index (χ0n) is 12.4. The molecule has 1 aliphatic heterocycles. The second-order valence-corrected chi connectivity index (χ2v) is 8.08. The third-order valence-corrected chi connectivity index (χ3v) is 5.55. The fourth-order valence-corrected chi connectivity index (χ4v) is 3.73. The second-order valence-electron chi connectivity index (χ2n) is 5.88.